The minimum Gasteiger partial charge on any atom is -0.370 e. The predicted octanol–water partition coefficient (Wildman–Crippen LogP) is 1.36. The molecule has 0 aliphatic carbocycles. The van der Waals surface area contributed by atoms with Crippen LogP contribution in [0.4, 0.5) is 8.78 Å². The Labute approximate surface area is 161 Å². The molecular weight excluding hydrogens is 370 g/mol. The molecule has 28 heavy (non-hydrogen) atoms. The van der Waals surface area contributed by atoms with E-state index >= 15 is 0 Å². The number of amides is 1. The van der Waals surface area contributed by atoms with E-state index in [4.69, 9.17) is 9.47 Å². The van der Waals surface area contributed by atoms with Gasteiger partial charge >= 0.3 is 0 Å². The van der Waals surface area contributed by atoms with Crippen LogP contribution in [0.25, 0.3) is 0 Å². The van der Waals surface area contributed by atoms with E-state index in [1.165, 1.54) is 6.07 Å². The number of H-pyrrole nitrogens is 1. The molecule has 4 rings (SSSR count). The molecule has 3 heterocycles. The van der Waals surface area contributed by atoms with Crippen molar-refractivity contribution in [1.82, 2.24) is 20.2 Å². The number of morpholine rings is 1. The molecule has 1 aromatic heterocycles. The molecule has 0 saturated carbocycles. The van der Waals surface area contributed by atoms with Crippen LogP contribution in [0.2, 0.25) is 0 Å². The zero-order chi connectivity index (χ0) is 19.6. The van der Waals surface area contributed by atoms with Crippen LogP contribution in [-0.2, 0) is 27.4 Å². The van der Waals surface area contributed by atoms with Crippen molar-refractivity contribution in [3.05, 3.63) is 53.6 Å². The summed E-state index contributed by atoms with van der Waals surface area (Å²) in [5, 5.41) is 2.66. The minimum absolute atomic E-state index is 0.0232. The quantitative estimate of drug-likeness (QED) is 0.804. The molecule has 150 valence electrons. The molecule has 2 aromatic rings. The van der Waals surface area contributed by atoms with E-state index in [0.717, 1.165) is 30.9 Å². The summed E-state index contributed by atoms with van der Waals surface area (Å²) >= 11 is 0. The number of hydrogen-bond donors (Lipinski definition) is 2. The van der Waals surface area contributed by atoms with Crippen LogP contribution in [0.15, 0.2) is 30.7 Å². The average molecular weight is 392 g/mol. The first-order chi connectivity index (χ1) is 13.5. The van der Waals surface area contributed by atoms with Crippen LogP contribution in [0.3, 0.4) is 0 Å². The second kappa shape index (κ2) is 7.94. The molecule has 9 heteroatoms. The van der Waals surface area contributed by atoms with E-state index in [-0.39, 0.29) is 18.0 Å². The van der Waals surface area contributed by atoms with Gasteiger partial charge in [0.15, 0.2) is 0 Å². The summed E-state index contributed by atoms with van der Waals surface area (Å²) in [5.74, 6) is -1.66. The molecule has 2 aliphatic rings. The van der Waals surface area contributed by atoms with Crippen LogP contribution in [0, 0.1) is 11.6 Å². The van der Waals surface area contributed by atoms with Crippen LogP contribution in [0.5, 0.6) is 0 Å². The van der Waals surface area contributed by atoms with Gasteiger partial charge < -0.3 is 19.8 Å². The Kier molecular flexibility index (Phi) is 5.38. The average Bonchev–Trinajstić information content (AvgIpc) is 3.31. The summed E-state index contributed by atoms with van der Waals surface area (Å²) in [5.41, 5.74) is 0.718. The van der Waals surface area contributed by atoms with Crippen molar-refractivity contribution in [1.29, 1.82) is 0 Å². The number of aromatic nitrogens is 2. The second-order valence-electron chi connectivity index (χ2n) is 7.28. The fraction of sp³-hybridized carbons (Fsp3) is 0.474. The number of halogens is 2. The number of hydrogen-bond acceptors (Lipinski definition) is 5. The standard InChI is InChI=1S/C19H22F2N4O3/c20-14-2-1-13(16(21)5-14)7-23-18(26)17-6-19(11-27-17)10-25(3-4-28-19)9-15-8-22-12-24-15/h1-2,5,8,12,17H,3-4,6-7,9-11H2,(H,22,24)(H,23,26). The number of ether oxygens (including phenoxy) is 2. The van der Waals surface area contributed by atoms with Crippen molar-refractivity contribution >= 4 is 5.91 Å². The summed E-state index contributed by atoms with van der Waals surface area (Å²) in [6.45, 7) is 3.04. The lowest BCUT2D eigenvalue weighted by Gasteiger charge is -2.39. The molecule has 1 spiro atoms. The van der Waals surface area contributed by atoms with Crippen molar-refractivity contribution in [2.45, 2.75) is 31.2 Å². The SMILES string of the molecule is O=C(NCc1ccc(F)cc1F)C1CC2(CO1)CN(Cc1cnc[nH]1)CCO2. The zero-order valence-corrected chi connectivity index (χ0v) is 15.3. The molecule has 2 fully saturated rings. The second-order valence-corrected chi connectivity index (χ2v) is 7.28. The van der Waals surface area contributed by atoms with Crippen LogP contribution in [0.1, 0.15) is 17.7 Å². The van der Waals surface area contributed by atoms with E-state index in [2.05, 4.69) is 20.2 Å². The molecule has 1 amide bonds. The normalized spacial score (nSPS) is 25.3. The summed E-state index contributed by atoms with van der Waals surface area (Å²) in [7, 11) is 0. The van der Waals surface area contributed by atoms with E-state index in [0.29, 0.717) is 26.2 Å². The van der Waals surface area contributed by atoms with Gasteiger partial charge in [-0.05, 0) is 6.07 Å². The smallest absolute Gasteiger partial charge is 0.249 e. The monoisotopic (exact) mass is 392 g/mol. The highest BCUT2D eigenvalue weighted by molar-refractivity contribution is 5.81. The molecule has 0 bridgehead atoms. The molecular formula is C19H22F2N4O3. The first kappa shape index (κ1) is 19.0. The van der Waals surface area contributed by atoms with E-state index in [1.807, 2.05) is 0 Å². The highest BCUT2D eigenvalue weighted by Gasteiger charge is 2.46. The molecule has 2 unspecified atom stereocenters. The van der Waals surface area contributed by atoms with E-state index in [9.17, 15) is 13.6 Å². The highest BCUT2D eigenvalue weighted by atomic mass is 19.1. The minimum atomic E-state index is -0.686. The fourth-order valence-corrected chi connectivity index (χ4v) is 3.72. The maximum absolute atomic E-state index is 13.7. The third-order valence-electron chi connectivity index (χ3n) is 5.14. The Bertz CT molecular complexity index is 833. The number of carbonyl (C=O) groups is 1. The summed E-state index contributed by atoms with van der Waals surface area (Å²) in [6, 6.07) is 3.28. The van der Waals surface area contributed by atoms with Gasteiger partial charge in [-0.25, -0.2) is 13.8 Å². The van der Waals surface area contributed by atoms with Crippen LogP contribution in [-0.4, -0.2) is 58.8 Å². The van der Waals surface area contributed by atoms with Gasteiger partial charge in [-0.2, -0.15) is 0 Å². The lowest BCUT2D eigenvalue weighted by molar-refractivity contribution is -0.130. The van der Waals surface area contributed by atoms with Crippen molar-refractivity contribution in [3.63, 3.8) is 0 Å². The van der Waals surface area contributed by atoms with Gasteiger partial charge in [0.2, 0.25) is 5.91 Å². The molecule has 1 aromatic carbocycles. The van der Waals surface area contributed by atoms with E-state index in [1.54, 1.807) is 12.5 Å². The topological polar surface area (TPSA) is 79.5 Å². The third kappa shape index (κ3) is 4.21. The Morgan fingerprint density at radius 3 is 3.11 bits per heavy atom. The van der Waals surface area contributed by atoms with Gasteiger partial charge in [-0.1, -0.05) is 6.07 Å². The maximum atomic E-state index is 13.7. The number of nitrogens with one attached hydrogen (secondary N) is 2. The van der Waals surface area contributed by atoms with Crippen molar-refractivity contribution in [3.8, 4) is 0 Å². The number of imidazole rings is 1. The van der Waals surface area contributed by atoms with Crippen LogP contribution >= 0.6 is 0 Å². The zero-order valence-electron chi connectivity index (χ0n) is 15.3. The Morgan fingerprint density at radius 1 is 1.43 bits per heavy atom. The first-order valence-corrected chi connectivity index (χ1v) is 9.20. The van der Waals surface area contributed by atoms with Gasteiger partial charge in [0.1, 0.15) is 23.3 Å². The third-order valence-corrected chi connectivity index (χ3v) is 5.14. The van der Waals surface area contributed by atoms with E-state index < -0.39 is 23.3 Å². The highest BCUT2D eigenvalue weighted by Crippen LogP contribution is 2.32. The summed E-state index contributed by atoms with van der Waals surface area (Å²) in [4.78, 5) is 21.8. The lowest BCUT2D eigenvalue weighted by Crippen LogP contribution is -2.52. The van der Waals surface area contributed by atoms with Crippen molar-refractivity contribution in [2.24, 2.45) is 0 Å². The lowest BCUT2D eigenvalue weighted by atomic mass is 9.97. The summed E-state index contributed by atoms with van der Waals surface area (Å²) in [6.07, 6.45) is 3.22. The van der Waals surface area contributed by atoms with Gasteiger partial charge in [0.05, 0.1) is 19.5 Å². The molecule has 7 nitrogen and oxygen atoms in total. The number of benzene rings is 1. The molecule has 2 aliphatic heterocycles. The van der Waals surface area contributed by atoms with Gasteiger partial charge in [-0.15, -0.1) is 0 Å². The fourth-order valence-electron chi connectivity index (χ4n) is 3.72. The molecule has 2 atom stereocenters. The predicted molar refractivity (Wildman–Crippen MR) is 95.1 cm³/mol. The number of nitrogens with zero attached hydrogens (tertiary/aromatic N) is 2. The number of aromatic amines is 1. The summed E-state index contributed by atoms with van der Waals surface area (Å²) < 4.78 is 38.4. The van der Waals surface area contributed by atoms with Gasteiger partial charge in [0.25, 0.3) is 0 Å². The molecule has 0 radical (unpaired) electrons. The Morgan fingerprint density at radius 2 is 2.32 bits per heavy atom. The maximum Gasteiger partial charge on any atom is 0.249 e. The first-order valence-electron chi connectivity index (χ1n) is 9.20. The Balaban J connectivity index is 1.31. The van der Waals surface area contributed by atoms with Crippen LogP contribution < -0.4 is 5.32 Å². The number of carbonyl (C=O) groups excluding carboxylic acids is 1. The van der Waals surface area contributed by atoms with Crippen molar-refractivity contribution in [2.75, 3.05) is 26.3 Å². The largest absolute Gasteiger partial charge is 0.370 e. The van der Waals surface area contributed by atoms with Gasteiger partial charge in [0, 0.05) is 56.1 Å². The molecule has 2 saturated heterocycles. The Hall–Kier alpha value is -2.36. The molecule has 2 N–H and O–H groups in total. The number of rotatable bonds is 5. The van der Waals surface area contributed by atoms with Gasteiger partial charge in [-0.3, -0.25) is 9.69 Å². The van der Waals surface area contributed by atoms with Crippen molar-refractivity contribution < 1.29 is 23.0 Å².